The van der Waals surface area contributed by atoms with Crippen LogP contribution in [0.3, 0.4) is 0 Å². The van der Waals surface area contributed by atoms with Crippen molar-refractivity contribution in [3.05, 3.63) is 28.2 Å². The van der Waals surface area contributed by atoms with Crippen molar-refractivity contribution in [2.45, 2.75) is 25.8 Å². The number of hydrogen-bond acceptors (Lipinski definition) is 2. The first-order chi connectivity index (χ1) is 6.31. The maximum absolute atomic E-state index is 11.5. The van der Waals surface area contributed by atoms with Crippen LogP contribution in [-0.2, 0) is 13.0 Å². The van der Waals surface area contributed by atoms with Gasteiger partial charge < -0.3 is 9.30 Å². The van der Waals surface area contributed by atoms with Crippen LogP contribution in [0, 0.1) is 0 Å². The smallest absolute Gasteiger partial charge is 0.254 e. The fourth-order valence-electron chi connectivity index (χ4n) is 1.78. The van der Waals surface area contributed by atoms with E-state index in [1.807, 2.05) is 10.6 Å². The number of hydrogen-bond donors (Lipinski definition) is 0. The van der Waals surface area contributed by atoms with Gasteiger partial charge in [-0.2, -0.15) is 0 Å². The Balaban J connectivity index is 2.53. The summed E-state index contributed by atoms with van der Waals surface area (Å²) in [6.45, 7) is 0.859. The van der Waals surface area contributed by atoms with E-state index in [4.69, 9.17) is 4.74 Å². The molecule has 0 N–H and O–H groups in total. The predicted octanol–water partition coefficient (Wildman–Crippen LogP) is 1.19. The Labute approximate surface area is 77.0 Å². The lowest BCUT2D eigenvalue weighted by atomic mass is 10.1. The average molecular weight is 179 g/mol. The molecule has 0 aliphatic carbocycles. The Morgan fingerprint density at radius 3 is 3.00 bits per heavy atom. The quantitative estimate of drug-likeness (QED) is 0.648. The first-order valence-electron chi connectivity index (χ1n) is 4.59. The number of rotatable bonds is 1. The van der Waals surface area contributed by atoms with Gasteiger partial charge in [0, 0.05) is 18.3 Å². The second-order valence-electron chi connectivity index (χ2n) is 3.33. The van der Waals surface area contributed by atoms with Crippen molar-refractivity contribution in [2.24, 2.45) is 0 Å². The van der Waals surface area contributed by atoms with E-state index in [1.165, 1.54) is 6.42 Å². The van der Waals surface area contributed by atoms with Crippen molar-refractivity contribution in [1.29, 1.82) is 0 Å². The van der Waals surface area contributed by atoms with Gasteiger partial charge in [-0.25, -0.2) is 0 Å². The second kappa shape index (κ2) is 3.24. The highest BCUT2D eigenvalue weighted by atomic mass is 16.5. The topological polar surface area (TPSA) is 31.2 Å². The van der Waals surface area contributed by atoms with Crippen LogP contribution in [0.1, 0.15) is 18.5 Å². The lowest BCUT2D eigenvalue weighted by Crippen LogP contribution is -2.25. The largest absolute Gasteiger partial charge is 0.496 e. The molecule has 1 aliphatic rings. The number of aryl methyl sites for hydroxylation is 1. The minimum Gasteiger partial charge on any atom is -0.496 e. The fourth-order valence-corrected chi connectivity index (χ4v) is 1.78. The van der Waals surface area contributed by atoms with E-state index in [1.54, 1.807) is 13.2 Å². The van der Waals surface area contributed by atoms with Gasteiger partial charge in [-0.1, -0.05) is 0 Å². The molecule has 3 nitrogen and oxygen atoms in total. The van der Waals surface area contributed by atoms with Gasteiger partial charge in [0.1, 0.15) is 5.75 Å². The normalized spacial score (nSPS) is 15.2. The van der Waals surface area contributed by atoms with E-state index in [0.29, 0.717) is 5.75 Å². The van der Waals surface area contributed by atoms with Crippen LogP contribution in [0.2, 0.25) is 0 Å². The highest BCUT2D eigenvalue weighted by molar-refractivity contribution is 5.24. The molecular weight excluding hydrogens is 166 g/mol. The lowest BCUT2D eigenvalue weighted by Gasteiger charge is -2.18. The Morgan fingerprint density at radius 1 is 1.38 bits per heavy atom. The Hall–Kier alpha value is -1.25. The molecule has 0 unspecified atom stereocenters. The molecule has 0 spiro atoms. The van der Waals surface area contributed by atoms with Crippen LogP contribution in [0.5, 0.6) is 5.75 Å². The average Bonchev–Trinajstić information content (AvgIpc) is 2.18. The molecule has 1 aliphatic heterocycles. The van der Waals surface area contributed by atoms with Crippen LogP contribution in [-0.4, -0.2) is 11.7 Å². The molecule has 0 amide bonds. The number of aromatic nitrogens is 1. The van der Waals surface area contributed by atoms with Gasteiger partial charge in [-0.05, 0) is 25.3 Å². The standard InChI is InChI=1S/C10H13NO2/c1-13-9-6-8-4-2-3-5-11(8)10(12)7-9/h6-7H,2-5H2,1H3. The third kappa shape index (κ3) is 1.46. The zero-order valence-electron chi connectivity index (χ0n) is 7.75. The summed E-state index contributed by atoms with van der Waals surface area (Å²) in [5.41, 5.74) is 1.17. The van der Waals surface area contributed by atoms with Gasteiger partial charge in [0.15, 0.2) is 0 Å². The van der Waals surface area contributed by atoms with Crippen LogP contribution in [0.15, 0.2) is 16.9 Å². The molecule has 1 aromatic rings. The van der Waals surface area contributed by atoms with Crippen molar-refractivity contribution in [2.75, 3.05) is 7.11 Å². The second-order valence-corrected chi connectivity index (χ2v) is 3.33. The number of nitrogens with zero attached hydrogens (tertiary/aromatic N) is 1. The van der Waals surface area contributed by atoms with E-state index < -0.39 is 0 Å². The maximum atomic E-state index is 11.5. The summed E-state index contributed by atoms with van der Waals surface area (Å²) in [5.74, 6) is 0.679. The monoisotopic (exact) mass is 179 g/mol. The van der Waals surface area contributed by atoms with Crippen LogP contribution in [0.25, 0.3) is 0 Å². The summed E-state index contributed by atoms with van der Waals surface area (Å²) in [4.78, 5) is 11.5. The zero-order valence-corrected chi connectivity index (χ0v) is 7.75. The molecule has 0 saturated heterocycles. The third-order valence-electron chi connectivity index (χ3n) is 2.49. The lowest BCUT2D eigenvalue weighted by molar-refractivity contribution is 0.407. The molecule has 0 aromatic carbocycles. The van der Waals surface area contributed by atoms with E-state index in [2.05, 4.69) is 0 Å². The zero-order chi connectivity index (χ0) is 9.26. The maximum Gasteiger partial charge on any atom is 0.254 e. The van der Waals surface area contributed by atoms with Gasteiger partial charge in [-0.15, -0.1) is 0 Å². The molecule has 1 aromatic heterocycles. The first kappa shape index (κ1) is 8.35. The molecular formula is C10H13NO2. The number of methoxy groups -OCH3 is 1. The summed E-state index contributed by atoms with van der Waals surface area (Å²) in [6.07, 6.45) is 3.28. The summed E-state index contributed by atoms with van der Waals surface area (Å²) in [6, 6.07) is 3.51. The molecule has 3 heteroatoms. The SMILES string of the molecule is COc1cc2n(c(=O)c1)CCCC2. The number of fused-ring (bicyclic) bond motifs is 1. The van der Waals surface area contributed by atoms with E-state index in [0.717, 1.165) is 25.1 Å². The first-order valence-corrected chi connectivity index (χ1v) is 4.59. The summed E-state index contributed by atoms with van der Waals surface area (Å²) >= 11 is 0. The van der Waals surface area contributed by atoms with Gasteiger partial charge in [-0.3, -0.25) is 4.79 Å². The van der Waals surface area contributed by atoms with E-state index in [9.17, 15) is 4.79 Å². The van der Waals surface area contributed by atoms with Crippen LogP contribution in [0.4, 0.5) is 0 Å². The van der Waals surface area contributed by atoms with Crippen LogP contribution < -0.4 is 10.3 Å². The van der Waals surface area contributed by atoms with E-state index in [-0.39, 0.29) is 5.56 Å². The van der Waals surface area contributed by atoms with Crippen molar-refractivity contribution in [1.82, 2.24) is 4.57 Å². The molecule has 0 atom stereocenters. The van der Waals surface area contributed by atoms with Crippen molar-refractivity contribution < 1.29 is 4.74 Å². The minimum atomic E-state index is 0.0639. The van der Waals surface area contributed by atoms with Gasteiger partial charge in [0.25, 0.3) is 5.56 Å². The summed E-state index contributed by atoms with van der Waals surface area (Å²) in [7, 11) is 1.59. The number of ether oxygens (including phenoxy) is 1. The molecule has 70 valence electrons. The molecule has 13 heavy (non-hydrogen) atoms. The Bertz CT molecular complexity index is 368. The Kier molecular flexibility index (Phi) is 2.08. The van der Waals surface area contributed by atoms with Crippen LogP contribution >= 0.6 is 0 Å². The number of pyridine rings is 1. The molecule has 0 radical (unpaired) electrons. The molecule has 2 rings (SSSR count). The van der Waals surface area contributed by atoms with Gasteiger partial charge in [0.05, 0.1) is 7.11 Å². The van der Waals surface area contributed by atoms with E-state index >= 15 is 0 Å². The molecule has 0 saturated carbocycles. The Morgan fingerprint density at radius 2 is 2.23 bits per heavy atom. The predicted molar refractivity (Wildman–Crippen MR) is 50.2 cm³/mol. The molecule has 2 heterocycles. The summed E-state index contributed by atoms with van der Waals surface area (Å²) in [5, 5.41) is 0. The van der Waals surface area contributed by atoms with Gasteiger partial charge >= 0.3 is 0 Å². The molecule has 0 bridgehead atoms. The highest BCUT2D eigenvalue weighted by Crippen LogP contribution is 2.16. The molecule has 0 fully saturated rings. The highest BCUT2D eigenvalue weighted by Gasteiger charge is 2.10. The van der Waals surface area contributed by atoms with Gasteiger partial charge in [0.2, 0.25) is 0 Å². The fraction of sp³-hybridized carbons (Fsp3) is 0.500. The summed E-state index contributed by atoms with van der Waals surface area (Å²) < 4.78 is 6.89. The van der Waals surface area contributed by atoms with Crippen molar-refractivity contribution in [3.63, 3.8) is 0 Å². The van der Waals surface area contributed by atoms with Crippen molar-refractivity contribution >= 4 is 0 Å². The third-order valence-corrected chi connectivity index (χ3v) is 2.49. The van der Waals surface area contributed by atoms with Crippen molar-refractivity contribution in [3.8, 4) is 5.75 Å². The minimum absolute atomic E-state index is 0.0639.